The van der Waals surface area contributed by atoms with E-state index in [2.05, 4.69) is 23.5 Å². The van der Waals surface area contributed by atoms with E-state index < -0.39 is 6.10 Å². The minimum absolute atomic E-state index is 0.0247. The number of hydrogen-bond donors (Lipinski definition) is 1. The molecule has 3 heteroatoms. The number of amides is 1. The molecule has 1 aliphatic carbocycles. The van der Waals surface area contributed by atoms with Crippen LogP contribution in [-0.4, -0.2) is 12.0 Å². The average molecular weight is 337 g/mol. The van der Waals surface area contributed by atoms with E-state index in [1.807, 2.05) is 38.1 Å². The largest absolute Gasteiger partial charge is 0.481 e. The van der Waals surface area contributed by atoms with Crippen molar-refractivity contribution >= 4 is 5.91 Å². The number of ether oxygens (including phenoxy) is 1. The molecule has 0 fully saturated rings. The molecule has 1 amide bonds. The van der Waals surface area contributed by atoms with Gasteiger partial charge in [-0.1, -0.05) is 30.3 Å². The van der Waals surface area contributed by atoms with Gasteiger partial charge in [0, 0.05) is 0 Å². The van der Waals surface area contributed by atoms with E-state index in [0.29, 0.717) is 0 Å². The maximum absolute atomic E-state index is 12.5. The van der Waals surface area contributed by atoms with Gasteiger partial charge in [0.05, 0.1) is 6.04 Å². The minimum Gasteiger partial charge on any atom is -0.481 e. The number of carbonyl (C=O) groups is 1. The summed E-state index contributed by atoms with van der Waals surface area (Å²) < 4.78 is 5.77. The van der Waals surface area contributed by atoms with Crippen molar-refractivity contribution < 1.29 is 9.53 Å². The Morgan fingerprint density at radius 2 is 1.80 bits per heavy atom. The van der Waals surface area contributed by atoms with Gasteiger partial charge in [0.1, 0.15) is 5.75 Å². The van der Waals surface area contributed by atoms with Gasteiger partial charge in [-0.05, 0) is 80.8 Å². The molecule has 132 valence electrons. The average Bonchev–Trinajstić information content (AvgIpc) is 2.61. The van der Waals surface area contributed by atoms with Crippen LogP contribution >= 0.6 is 0 Å². The molecule has 1 N–H and O–H groups in total. The highest BCUT2D eigenvalue weighted by molar-refractivity contribution is 5.81. The summed E-state index contributed by atoms with van der Waals surface area (Å²) in [7, 11) is 0. The second kappa shape index (κ2) is 7.73. The van der Waals surface area contributed by atoms with Gasteiger partial charge in [-0.3, -0.25) is 4.79 Å². The number of rotatable bonds is 5. The first-order valence-electron chi connectivity index (χ1n) is 9.18. The maximum atomic E-state index is 12.5. The van der Waals surface area contributed by atoms with Crippen molar-refractivity contribution in [3.8, 4) is 5.75 Å². The molecule has 25 heavy (non-hydrogen) atoms. The van der Waals surface area contributed by atoms with Crippen molar-refractivity contribution in [3.05, 3.63) is 64.7 Å². The molecule has 0 saturated carbocycles. The summed E-state index contributed by atoms with van der Waals surface area (Å²) in [5.74, 6) is 0.635. The second-order valence-corrected chi connectivity index (χ2v) is 7.04. The summed E-state index contributed by atoms with van der Waals surface area (Å²) in [4.78, 5) is 12.5. The van der Waals surface area contributed by atoms with Gasteiger partial charge < -0.3 is 10.1 Å². The lowest BCUT2D eigenvalue weighted by molar-refractivity contribution is -0.127. The highest BCUT2D eigenvalue weighted by Crippen LogP contribution is 2.25. The fourth-order valence-electron chi connectivity index (χ4n) is 3.38. The van der Waals surface area contributed by atoms with Crippen LogP contribution in [0.25, 0.3) is 0 Å². The number of fused-ring (bicyclic) bond motifs is 1. The van der Waals surface area contributed by atoms with Gasteiger partial charge in [0.15, 0.2) is 6.10 Å². The summed E-state index contributed by atoms with van der Waals surface area (Å²) in [5, 5.41) is 3.07. The predicted octanol–water partition coefficient (Wildman–Crippen LogP) is 4.52. The van der Waals surface area contributed by atoms with E-state index in [-0.39, 0.29) is 11.9 Å². The molecule has 0 spiro atoms. The number of carbonyl (C=O) groups excluding carboxylic acids is 1. The Hall–Kier alpha value is -2.29. The fraction of sp³-hybridized carbons (Fsp3) is 0.409. The van der Waals surface area contributed by atoms with Crippen molar-refractivity contribution in [2.75, 3.05) is 0 Å². The summed E-state index contributed by atoms with van der Waals surface area (Å²) >= 11 is 0. The number of hydrogen-bond acceptors (Lipinski definition) is 2. The lowest BCUT2D eigenvalue weighted by atomic mass is 9.89. The molecule has 0 saturated heterocycles. The first kappa shape index (κ1) is 17.5. The van der Waals surface area contributed by atoms with E-state index in [1.54, 1.807) is 6.92 Å². The van der Waals surface area contributed by atoms with Gasteiger partial charge in [0.25, 0.3) is 5.91 Å². The summed E-state index contributed by atoms with van der Waals surface area (Å²) in [5.41, 5.74) is 5.18. The normalized spacial score (nSPS) is 15.8. The molecule has 3 nitrogen and oxygen atoms in total. The molecular formula is C22H27NO2. The third kappa shape index (κ3) is 4.41. The second-order valence-electron chi connectivity index (χ2n) is 7.04. The van der Waals surface area contributed by atoms with Gasteiger partial charge in [-0.25, -0.2) is 0 Å². The van der Waals surface area contributed by atoms with Crippen LogP contribution in [0, 0.1) is 6.92 Å². The van der Waals surface area contributed by atoms with Gasteiger partial charge >= 0.3 is 0 Å². The molecular weight excluding hydrogens is 310 g/mol. The number of benzene rings is 2. The van der Waals surface area contributed by atoms with Crippen LogP contribution in [0.4, 0.5) is 0 Å². The van der Waals surface area contributed by atoms with Gasteiger partial charge in [0.2, 0.25) is 0 Å². The molecule has 2 atom stereocenters. The Morgan fingerprint density at radius 3 is 2.56 bits per heavy atom. The van der Waals surface area contributed by atoms with E-state index in [9.17, 15) is 4.79 Å². The lowest BCUT2D eigenvalue weighted by Gasteiger charge is -2.22. The van der Waals surface area contributed by atoms with Crippen LogP contribution in [0.5, 0.6) is 5.75 Å². The lowest BCUT2D eigenvalue weighted by Crippen LogP contribution is -2.37. The maximum Gasteiger partial charge on any atom is 0.261 e. The summed E-state index contributed by atoms with van der Waals surface area (Å²) in [6.45, 7) is 5.83. The first-order chi connectivity index (χ1) is 12.0. The van der Waals surface area contributed by atoms with Crippen LogP contribution in [0.2, 0.25) is 0 Å². The van der Waals surface area contributed by atoms with Crippen LogP contribution in [0.3, 0.4) is 0 Å². The molecule has 0 aliphatic heterocycles. The van der Waals surface area contributed by atoms with E-state index in [0.717, 1.165) is 23.3 Å². The Labute approximate surface area is 150 Å². The van der Waals surface area contributed by atoms with E-state index in [4.69, 9.17) is 4.74 Å². The Kier molecular flexibility index (Phi) is 5.42. The summed E-state index contributed by atoms with van der Waals surface area (Å²) in [6.07, 6.45) is 4.35. The molecule has 0 bridgehead atoms. The quantitative estimate of drug-likeness (QED) is 0.871. The standard InChI is InChI=1S/C22H27NO2/c1-15-7-6-10-21(13-15)25-17(3)22(24)23-16(2)19-12-11-18-8-4-5-9-20(18)14-19/h6-7,10-14,16-17H,4-5,8-9H2,1-3H3,(H,23,24)/t16-,17+/m0/s1. The van der Waals surface area contributed by atoms with Crippen LogP contribution in [-0.2, 0) is 17.6 Å². The van der Waals surface area contributed by atoms with Crippen LogP contribution in [0.15, 0.2) is 42.5 Å². The predicted molar refractivity (Wildman–Crippen MR) is 101 cm³/mol. The van der Waals surface area contributed by atoms with Crippen molar-refractivity contribution in [1.82, 2.24) is 5.32 Å². The molecule has 2 aromatic rings. The van der Waals surface area contributed by atoms with Crippen molar-refractivity contribution in [3.63, 3.8) is 0 Å². The Morgan fingerprint density at radius 1 is 1.04 bits per heavy atom. The molecule has 1 aliphatic rings. The third-order valence-corrected chi connectivity index (χ3v) is 4.90. The zero-order chi connectivity index (χ0) is 17.8. The van der Waals surface area contributed by atoms with Crippen molar-refractivity contribution in [1.29, 1.82) is 0 Å². The zero-order valence-corrected chi connectivity index (χ0v) is 15.3. The highest BCUT2D eigenvalue weighted by atomic mass is 16.5. The highest BCUT2D eigenvalue weighted by Gasteiger charge is 2.19. The number of aryl methyl sites for hydroxylation is 3. The zero-order valence-electron chi connectivity index (χ0n) is 15.3. The first-order valence-corrected chi connectivity index (χ1v) is 9.18. The number of nitrogens with one attached hydrogen (secondary N) is 1. The van der Waals surface area contributed by atoms with E-state index in [1.165, 1.54) is 30.4 Å². The van der Waals surface area contributed by atoms with Gasteiger partial charge in [-0.15, -0.1) is 0 Å². The fourth-order valence-corrected chi connectivity index (χ4v) is 3.38. The minimum atomic E-state index is -0.526. The van der Waals surface area contributed by atoms with Gasteiger partial charge in [-0.2, -0.15) is 0 Å². The summed E-state index contributed by atoms with van der Waals surface area (Å²) in [6, 6.07) is 14.4. The smallest absolute Gasteiger partial charge is 0.261 e. The third-order valence-electron chi connectivity index (χ3n) is 4.90. The topological polar surface area (TPSA) is 38.3 Å². The SMILES string of the molecule is Cc1cccc(O[C@H](C)C(=O)N[C@@H](C)c2ccc3c(c2)CCCC3)c1. The molecule has 2 aromatic carbocycles. The molecule has 0 radical (unpaired) electrons. The molecule has 0 unspecified atom stereocenters. The van der Waals surface area contributed by atoms with Crippen LogP contribution < -0.4 is 10.1 Å². The monoisotopic (exact) mass is 337 g/mol. The molecule has 3 rings (SSSR count). The molecule has 0 aromatic heterocycles. The van der Waals surface area contributed by atoms with Crippen molar-refractivity contribution in [2.45, 2.75) is 58.6 Å². The Bertz CT molecular complexity index is 753. The molecule has 0 heterocycles. The van der Waals surface area contributed by atoms with Crippen LogP contribution in [0.1, 0.15) is 55.0 Å². The van der Waals surface area contributed by atoms with E-state index >= 15 is 0 Å². The van der Waals surface area contributed by atoms with Crippen molar-refractivity contribution in [2.24, 2.45) is 0 Å². The Balaban J connectivity index is 1.61.